The summed E-state index contributed by atoms with van der Waals surface area (Å²) in [6.45, 7) is 3.61. The summed E-state index contributed by atoms with van der Waals surface area (Å²) < 4.78 is 14.5. The molecule has 0 bridgehead atoms. The average Bonchev–Trinajstić information content (AvgIpc) is 3.62. The van der Waals surface area contributed by atoms with Crippen LogP contribution in [0.15, 0.2) is 36.5 Å². The highest BCUT2D eigenvalue weighted by Crippen LogP contribution is 2.44. The monoisotopic (exact) mass is 586 g/mol. The zero-order valence-electron chi connectivity index (χ0n) is 22.1. The Bertz CT molecular complexity index is 1500. The van der Waals surface area contributed by atoms with E-state index < -0.39 is 24.2 Å². The van der Waals surface area contributed by atoms with Gasteiger partial charge in [-0.05, 0) is 56.9 Å². The number of anilines is 2. The van der Waals surface area contributed by atoms with E-state index in [2.05, 4.69) is 15.6 Å². The first kappa shape index (κ1) is 28.6. The molecule has 4 aromatic rings. The summed E-state index contributed by atoms with van der Waals surface area (Å²) >= 11 is 1.54. The normalized spacial score (nSPS) is 23.1. The number of thiazole rings is 1. The van der Waals surface area contributed by atoms with Crippen LogP contribution in [0.4, 0.5) is 16.2 Å². The first-order chi connectivity index (χ1) is 18.8. The molecular weight excluding hydrogens is 555 g/mol. The van der Waals surface area contributed by atoms with Gasteiger partial charge in [-0.3, -0.25) is 4.98 Å². The molecule has 5 N–H and O–H groups in total. The molecule has 212 valence electrons. The summed E-state index contributed by atoms with van der Waals surface area (Å²) in [6.07, 6.45) is 2.34. The lowest BCUT2D eigenvalue weighted by molar-refractivity contribution is 0.00446. The van der Waals surface area contributed by atoms with Gasteiger partial charge < -0.3 is 26.0 Å². The number of aromatic nitrogens is 4. The van der Waals surface area contributed by atoms with E-state index in [1.54, 1.807) is 23.5 Å². The van der Waals surface area contributed by atoms with Crippen LogP contribution < -0.4 is 10.6 Å². The van der Waals surface area contributed by atoms with E-state index in [-0.39, 0.29) is 30.9 Å². The number of benzene rings is 1. The maximum atomic E-state index is 13.4. The standard InChI is InChI=1S/C28H31FN6O3S.ClH/c1-13(15-5-7-18(29)8-6-15)31-28-32-14(2)21(26(35-28)33-19-11-17(12-36)24(37)25(19)38)27-34-23-20(39-27)9-10-30-22(23)16-3-4-16;/h5-10,13,16-17,19,24-25,36-38H,3-4,11-12H2,1-2H3,(H2,31,32,33,35);1H/t13-,17-,19-,24-,25+;/m1./s1. The maximum Gasteiger partial charge on any atom is 0.225 e. The van der Waals surface area contributed by atoms with Crippen molar-refractivity contribution >= 4 is 45.7 Å². The summed E-state index contributed by atoms with van der Waals surface area (Å²) in [4.78, 5) is 19.1. The van der Waals surface area contributed by atoms with E-state index in [0.29, 0.717) is 35.4 Å². The van der Waals surface area contributed by atoms with E-state index in [1.807, 2.05) is 26.1 Å². The Labute approximate surface area is 241 Å². The van der Waals surface area contributed by atoms with Gasteiger partial charge in [0, 0.05) is 24.6 Å². The van der Waals surface area contributed by atoms with Crippen molar-refractivity contribution in [3.05, 3.63) is 59.3 Å². The molecule has 0 unspecified atom stereocenters. The molecule has 0 saturated heterocycles. The number of pyridine rings is 1. The van der Waals surface area contributed by atoms with Crippen molar-refractivity contribution in [1.82, 2.24) is 19.9 Å². The van der Waals surface area contributed by atoms with Gasteiger partial charge in [0.1, 0.15) is 28.3 Å². The fraction of sp³-hybridized carbons (Fsp3) is 0.429. The lowest BCUT2D eigenvalue weighted by Crippen LogP contribution is -2.35. The first-order valence-electron chi connectivity index (χ1n) is 13.2. The number of nitrogens with one attached hydrogen (secondary N) is 2. The lowest BCUT2D eigenvalue weighted by atomic mass is 10.1. The molecular formula is C28H32ClFN6O3S. The second kappa shape index (κ2) is 11.5. The molecule has 1 aromatic carbocycles. The van der Waals surface area contributed by atoms with Crippen LogP contribution >= 0.6 is 23.7 Å². The molecule has 0 aliphatic heterocycles. The Morgan fingerprint density at radius 3 is 2.50 bits per heavy atom. The number of halogens is 2. The van der Waals surface area contributed by atoms with E-state index in [4.69, 9.17) is 15.0 Å². The summed E-state index contributed by atoms with van der Waals surface area (Å²) in [6, 6.07) is 7.50. The Morgan fingerprint density at radius 2 is 1.82 bits per heavy atom. The molecule has 40 heavy (non-hydrogen) atoms. The molecule has 0 amide bonds. The van der Waals surface area contributed by atoms with E-state index in [1.165, 1.54) is 12.1 Å². The maximum absolute atomic E-state index is 13.4. The summed E-state index contributed by atoms with van der Waals surface area (Å²) in [5.41, 5.74) is 4.20. The van der Waals surface area contributed by atoms with Gasteiger partial charge in [-0.25, -0.2) is 14.4 Å². The quantitative estimate of drug-likeness (QED) is 0.201. The molecule has 3 heterocycles. The fourth-order valence-electron chi connectivity index (χ4n) is 5.29. The predicted octanol–water partition coefficient (Wildman–Crippen LogP) is 4.58. The van der Waals surface area contributed by atoms with Crippen LogP contribution in [-0.4, -0.2) is 60.1 Å². The minimum Gasteiger partial charge on any atom is -0.396 e. The highest BCUT2D eigenvalue weighted by molar-refractivity contribution is 7.21. The Kier molecular flexibility index (Phi) is 8.21. The van der Waals surface area contributed by atoms with Gasteiger partial charge in [0.15, 0.2) is 0 Å². The average molecular weight is 587 g/mol. The molecule has 2 fully saturated rings. The summed E-state index contributed by atoms with van der Waals surface area (Å²) in [5.74, 6) is 0.552. The molecule has 2 saturated carbocycles. The van der Waals surface area contributed by atoms with Crippen LogP contribution in [0.5, 0.6) is 0 Å². The second-order valence-electron chi connectivity index (χ2n) is 10.5. The molecule has 0 spiro atoms. The Hall–Kier alpha value is -2.96. The van der Waals surface area contributed by atoms with Crippen LogP contribution in [-0.2, 0) is 0 Å². The Morgan fingerprint density at radius 1 is 1.07 bits per heavy atom. The van der Waals surface area contributed by atoms with Crippen molar-refractivity contribution < 1.29 is 19.7 Å². The fourth-order valence-corrected chi connectivity index (χ4v) is 6.36. The molecule has 12 heteroatoms. The number of hydrogen-bond acceptors (Lipinski definition) is 10. The van der Waals surface area contributed by atoms with Gasteiger partial charge in [-0.2, -0.15) is 4.98 Å². The van der Waals surface area contributed by atoms with Gasteiger partial charge in [0.25, 0.3) is 0 Å². The minimum absolute atomic E-state index is 0. The second-order valence-corrected chi connectivity index (χ2v) is 11.6. The van der Waals surface area contributed by atoms with Crippen molar-refractivity contribution in [2.75, 3.05) is 17.2 Å². The largest absolute Gasteiger partial charge is 0.396 e. The zero-order chi connectivity index (χ0) is 27.3. The van der Waals surface area contributed by atoms with Crippen LogP contribution in [0.1, 0.15) is 55.1 Å². The van der Waals surface area contributed by atoms with E-state index >= 15 is 0 Å². The number of rotatable bonds is 8. The third kappa shape index (κ3) is 5.48. The number of hydrogen-bond donors (Lipinski definition) is 5. The molecule has 3 aromatic heterocycles. The lowest BCUT2D eigenvalue weighted by Gasteiger charge is -2.22. The van der Waals surface area contributed by atoms with Crippen LogP contribution in [0.2, 0.25) is 0 Å². The topological polar surface area (TPSA) is 136 Å². The van der Waals surface area contributed by atoms with Crippen molar-refractivity contribution in [1.29, 1.82) is 0 Å². The third-order valence-electron chi connectivity index (χ3n) is 7.68. The van der Waals surface area contributed by atoms with Crippen molar-refractivity contribution in [3.8, 4) is 10.6 Å². The van der Waals surface area contributed by atoms with E-state index in [9.17, 15) is 19.7 Å². The third-order valence-corrected chi connectivity index (χ3v) is 8.72. The SMILES string of the molecule is Cc1nc(N[C@H](C)c2ccc(F)cc2)nc(N[C@@H]2C[C@H](CO)[C@@H](O)[C@H]2O)c1-c1nc2c(C3CC3)nccc2s1.Cl. The van der Waals surface area contributed by atoms with Gasteiger partial charge >= 0.3 is 0 Å². The zero-order valence-corrected chi connectivity index (χ0v) is 23.7. The number of fused-ring (bicyclic) bond motifs is 1. The van der Waals surface area contributed by atoms with Crippen LogP contribution in [0.3, 0.4) is 0 Å². The smallest absolute Gasteiger partial charge is 0.225 e. The van der Waals surface area contributed by atoms with Crippen LogP contribution in [0, 0.1) is 18.7 Å². The van der Waals surface area contributed by atoms with Crippen LogP contribution in [0.25, 0.3) is 20.8 Å². The first-order valence-corrected chi connectivity index (χ1v) is 14.0. The molecule has 9 nitrogen and oxygen atoms in total. The van der Waals surface area contributed by atoms with Gasteiger partial charge in [0.05, 0.1) is 39.8 Å². The number of aliphatic hydroxyl groups excluding tert-OH is 3. The van der Waals surface area contributed by atoms with Crippen molar-refractivity contribution in [2.24, 2.45) is 5.92 Å². The summed E-state index contributed by atoms with van der Waals surface area (Å²) in [5, 5.41) is 38.2. The van der Waals surface area contributed by atoms with E-state index in [0.717, 1.165) is 39.3 Å². The van der Waals surface area contributed by atoms with Crippen molar-refractivity contribution in [2.45, 2.75) is 63.3 Å². The van der Waals surface area contributed by atoms with Gasteiger partial charge in [-0.1, -0.05) is 12.1 Å². The Balaban J connectivity index is 0.00000323. The number of nitrogens with zero attached hydrogens (tertiary/aromatic N) is 4. The number of aryl methyl sites for hydroxylation is 1. The van der Waals surface area contributed by atoms with Crippen molar-refractivity contribution in [3.63, 3.8) is 0 Å². The molecule has 2 aliphatic carbocycles. The molecule has 2 aliphatic rings. The predicted molar refractivity (Wildman–Crippen MR) is 155 cm³/mol. The summed E-state index contributed by atoms with van der Waals surface area (Å²) in [7, 11) is 0. The number of aliphatic hydroxyl groups is 3. The molecule has 0 radical (unpaired) electrons. The van der Waals surface area contributed by atoms with Gasteiger partial charge in [-0.15, -0.1) is 23.7 Å². The molecule has 6 rings (SSSR count). The highest BCUT2D eigenvalue weighted by Gasteiger charge is 2.41. The highest BCUT2D eigenvalue weighted by atomic mass is 35.5. The van der Waals surface area contributed by atoms with Gasteiger partial charge in [0.2, 0.25) is 5.95 Å². The minimum atomic E-state index is -1.07. The molecule has 5 atom stereocenters.